The van der Waals surface area contributed by atoms with Gasteiger partial charge in [-0.2, -0.15) is 5.10 Å². The van der Waals surface area contributed by atoms with Gasteiger partial charge in [-0.15, -0.1) is 0 Å². The van der Waals surface area contributed by atoms with Crippen LogP contribution < -0.4 is 4.90 Å². The van der Waals surface area contributed by atoms with Crippen LogP contribution in [-0.2, 0) is 13.0 Å². The van der Waals surface area contributed by atoms with Crippen molar-refractivity contribution in [2.75, 3.05) is 45.2 Å². The molecule has 0 unspecified atom stereocenters. The zero-order valence-electron chi connectivity index (χ0n) is 15.6. The zero-order chi connectivity index (χ0) is 18.1. The van der Waals surface area contributed by atoms with Gasteiger partial charge in [0.15, 0.2) is 5.69 Å². The van der Waals surface area contributed by atoms with E-state index < -0.39 is 0 Å². The van der Waals surface area contributed by atoms with E-state index in [1.807, 2.05) is 18.0 Å². The summed E-state index contributed by atoms with van der Waals surface area (Å²) in [5.74, 6) is 0.539. The Morgan fingerprint density at radius 3 is 2.92 bits per heavy atom. The van der Waals surface area contributed by atoms with E-state index in [1.165, 1.54) is 5.69 Å². The van der Waals surface area contributed by atoms with Gasteiger partial charge in [-0.3, -0.25) is 9.89 Å². The monoisotopic (exact) mass is 353 g/mol. The second-order valence-electron chi connectivity index (χ2n) is 7.64. The van der Waals surface area contributed by atoms with Crippen LogP contribution in [-0.4, -0.2) is 66.2 Å². The van der Waals surface area contributed by atoms with E-state index in [0.717, 1.165) is 56.8 Å². The van der Waals surface area contributed by atoms with Gasteiger partial charge in [0.1, 0.15) is 0 Å². The van der Waals surface area contributed by atoms with Gasteiger partial charge in [0, 0.05) is 63.1 Å². The normalized spacial score (nSPS) is 20.2. The molecule has 1 amide bonds. The summed E-state index contributed by atoms with van der Waals surface area (Å²) in [7, 11) is 3.99. The smallest absolute Gasteiger partial charge is 0.274 e. The third-order valence-corrected chi connectivity index (χ3v) is 5.61. The summed E-state index contributed by atoms with van der Waals surface area (Å²) in [4.78, 5) is 19.4. The molecule has 2 aromatic rings. The van der Waals surface area contributed by atoms with E-state index >= 15 is 0 Å². The number of nitrogens with one attached hydrogen (secondary N) is 1. The minimum absolute atomic E-state index is 0.0379. The van der Waals surface area contributed by atoms with Gasteiger partial charge in [-0.25, -0.2) is 0 Å². The Morgan fingerprint density at radius 1 is 1.31 bits per heavy atom. The highest BCUT2D eigenvalue weighted by Gasteiger charge is 2.29. The van der Waals surface area contributed by atoms with Crippen molar-refractivity contribution in [2.45, 2.75) is 19.4 Å². The molecule has 4 rings (SSSR count). The zero-order valence-corrected chi connectivity index (χ0v) is 15.6. The first-order chi connectivity index (χ1) is 12.6. The number of H-pyrrole nitrogens is 1. The summed E-state index contributed by atoms with van der Waals surface area (Å²) >= 11 is 0. The van der Waals surface area contributed by atoms with Crippen LogP contribution in [0.3, 0.4) is 0 Å². The minimum atomic E-state index is 0.0379. The first-order valence-corrected chi connectivity index (χ1v) is 9.42. The van der Waals surface area contributed by atoms with E-state index in [-0.39, 0.29) is 5.91 Å². The second-order valence-corrected chi connectivity index (χ2v) is 7.64. The van der Waals surface area contributed by atoms with Crippen LogP contribution in [0.1, 0.15) is 28.2 Å². The Morgan fingerprint density at radius 2 is 2.12 bits per heavy atom. The SMILES string of the molecule is CN1CCc2[nH]nc(C(=O)N(C)C[C@H]3CCN(c4ccccc4)C3)c2C1. The standard InChI is InChI=1S/C20H27N5O/c1-23-10-9-18-17(14-23)19(22-21-18)20(26)24(2)12-15-8-11-25(13-15)16-6-4-3-5-7-16/h3-7,15H,8-14H2,1-2H3,(H,21,22)/t15-/m1/s1. The van der Waals surface area contributed by atoms with Gasteiger partial charge < -0.3 is 14.7 Å². The summed E-state index contributed by atoms with van der Waals surface area (Å²) in [6.45, 7) is 4.64. The largest absolute Gasteiger partial charge is 0.371 e. The van der Waals surface area contributed by atoms with Crippen molar-refractivity contribution < 1.29 is 4.79 Å². The van der Waals surface area contributed by atoms with Crippen molar-refractivity contribution in [2.24, 2.45) is 5.92 Å². The third-order valence-electron chi connectivity index (χ3n) is 5.61. The fourth-order valence-corrected chi connectivity index (χ4v) is 4.11. The fraction of sp³-hybridized carbons (Fsp3) is 0.500. The number of amides is 1. The van der Waals surface area contributed by atoms with Gasteiger partial charge in [-0.1, -0.05) is 18.2 Å². The van der Waals surface area contributed by atoms with E-state index in [9.17, 15) is 4.79 Å². The highest BCUT2D eigenvalue weighted by atomic mass is 16.2. The molecule has 1 fully saturated rings. The lowest BCUT2D eigenvalue weighted by Crippen LogP contribution is -2.35. The quantitative estimate of drug-likeness (QED) is 0.913. The summed E-state index contributed by atoms with van der Waals surface area (Å²) < 4.78 is 0. The summed E-state index contributed by atoms with van der Waals surface area (Å²) in [5, 5.41) is 7.41. The molecule has 0 spiro atoms. The number of likely N-dealkylation sites (N-methyl/N-ethyl adjacent to an activating group) is 1. The lowest BCUT2D eigenvalue weighted by molar-refractivity contribution is 0.0768. The Labute approximate surface area is 154 Å². The first-order valence-electron chi connectivity index (χ1n) is 9.42. The highest BCUT2D eigenvalue weighted by Crippen LogP contribution is 2.25. The van der Waals surface area contributed by atoms with E-state index in [2.05, 4.69) is 51.3 Å². The van der Waals surface area contributed by atoms with Crippen molar-refractivity contribution >= 4 is 11.6 Å². The van der Waals surface area contributed by atoms with Gasteiger partial charge >= 0.3 is 0 Å². The Kier molecular flexibility index (Phi) is 4.68. The molecule has 0 aliphatic carbocycles. The molecule has 2 aliphatic heterocycles. The molecular weight excluding hydrogens is 326 g/mol. The van der Waals surface area contributed by atoms with Crippen LogP contribution in [0, 0.1) is 5.92 Å². The molecule has 1 N–H and O–H groups in total. The number of carbonyl (C=O) groups excluding carboxylic acids is 1. The van der Waals surface area contributed by atoms with E-state index in [0.29, 0.717) is 11.6 Å². The Bertz CT molecular complexity index is 772. The van der Waals surface area contributed by atoms with Crippen LogP contribution in [0.2, 0.25) is 0 Å². The molecule has 26 heavy (non-hydrogen) atoms. The molecule has 1 aromatic carbocycles. The van der Waals surface area contributed by atoms with Crippen LogP contribution in [0.25, 0.3) is 0 Å². The molecule has 3 heterocycles. The van der Waals surface area contributed by atoms with Crippen LogP contribution >= 0.6 is 0 Å². The summed E-state index contributed by atoms with van der Waals surface area (Å²) in [6, 6.07) is 10.5. The van der Waals surface area contributed by atoms with Crippen molar-refractivity contribution in [3.05, 3.63) is 47.3 Å². The third kappa shape index (κ3) is 3.33. The number of nitrogens with zero attached hydrogens (tertiary/aromatic N) is 4. The fourth-order valence-electron chi connectivity index (χ4n) is 4.11. The molecule has 2 aliphatic rings. The Balaban J connectivity index is 1.39. The molecule has 1 aromatic heterocycles. The highest BCUT2D eigenvalue weighted by molar-refractivity contribution is 5.93. The van der Waals surface area contributed by atoms with Crippen LogP contribution in [0.5, 0.6) is 0 Å². The van der Waals surface area contributed by atoms with Gasteiger partial charge in [-0.05, 0) is 31.5 Å². The number of aromatic nitrogens is 2. The maximum atomic E-state index is 12.9. The average Bonchev–Trinajstić information content (AvgIpc) is 3.28. The van der Waals surface area contributed by atoms with Crippen molar-refractivity contribution in [3.8, 4) is 0 Å². The number of hydrogen-bond donors (Lipinski definition) is 1. The minimum Gasteiger partial charge on any atom is -0.371 e. The number of fused-ring (bicyclic) bond motifs is 1. The maximum Gasteiger partial charge on any atom is 0.274 e. The molecule has 1 saturated heterocycles. The number of carbonyl (C=O) groups is 1. The molecule has 0 radical (unpaired) electrons. The number of hydrogen-bond acceptors (Lipinski definition) is 4. The summed E-state index contributed by atoms with van der Waals surface area (Å²) in [6.07, 6.45) is 2.05. The van der Waals surface area contributed by atoms with Gasteiger partial charge in [0.2, 0.25) is 0 Å². The molecule has 6 heteroatoms. The van der Waals surface area contributed by atoms with Gasteiger partial charge in [0.05, 0.1) is 0 Å². The van der Waals surface area contributed by atoms with Crippen LogP contribution in [0.15, 0.2) is 30.3 Å². The Hall–Kier alpha value is -2.34. The molecular formula is C20H27N5O. The van der Waals surface area contributed by atoms with Crippen LogP contribution in [0.4, 0.5) is 5.69 Å². The second kappa shape index (κ2) is 7.11. The molecule has 138 valence electrons. The number of anilines is 1. The van der Waals surface area contributed by atoms with Gasteiger partial charge in [0.25, 0.3) is 5.91 Å². The van der Waals surface area contributed by atoms with Crippen molar-refractivity contribution in [1.82, 2.24) is 20.0 Å². The lowest BCUT2D eigenvalue weighted by Gasteiger charge is -2.24. The van der Waals surface area contributed by atoms with Crippen molar-refractivity contribution in [3.63, 3.8) is 0 Å². The lowest BCUT2D eigenvalue weighted by atomic mass is 10.0. The first kappa shape index (κ1) is 17.1. The predicted octanol–water partition coefficient (Wildman–Crippen LogP) is 2.00. The maximum absolute atomic E-state index is 12.9. The molecule has 0 saturated carbocycles. The predicted molar refractivity (Wildman–Crippen MR) is 102 cm³/mol. The average molecular weight is 353 g/mol. The molecule has 6 nitrogen and oxygen atoms in total. The summed E-state index contributed by atoms with van der Waals surface area (Å²) in [5.41, 5.74) is 4.07. The van der Waals surface area contributed by atoms with Crippen molar-refractivity contribution in [1.29, 1.82) is 0 Å². The topological polar surface area (TPSA) is 55.5 Å². The van der Waals surface area contributed by atoms with E-state index in [1.54, 1.807) is 0 Å². The number of aromatic amines is 1. The number of rotatable bonds is 4. The number of para-hydroxylation sites is 1. The van der Waals surface area contributed by atoms with E-state index in [4.69, 9.17) is 0 Å². The number of benzene rings is 1. The molecule has 1 atom stereocenters. The molecule has 0 bridgehead atoms.